The first-order valence-corrected chi connectivity index (χ1v) is 8.64. The van der Waals surface area contributed by atoms with Gasteiger partial charge in [0.2, 0.25) is 6.54 Å². The van der Waals surface area contributed by atoms with Gasteiger partial charge >= 0.3 is 0 Å². The topological polar surface area (TPSA) is 33.0 Å². The van der Waals surface area contributed by atoms with Crippen LogP contribution in [0.25, 0.3) is 11.1 Å². The lowest BCUT2D eigenvalue weighted by molar-refractivity contribution is -0.684. The molecule has 4 heteroatoms. The second-order valence-electron chi connectivity index (χ2n) is 5.86. The maximum atomic E-state index is 12.2. The van der Waals surface area contributed by atoms with E-state index in [0.29, 0.717) is 13.1 Å². The first kappa shape index (κ1) is 17.2. The van der Waals surface area contributed by atoms with Crippen LogP contribution in [0.3, 0.4) is 0 Å². The molecular formula is C21H20ClN2O+. The van der Waals surface area contributed by atoms with Crippen molar-refractivity contribution in [3.05, 3.63) is 89.7 Å². The molecule has 0 atom stereocenters. The van der Waals surface area contributed by atoms with Crippen molar-refractivity contribution in [2.45, 2.75) is 13.0 Å². The van der Waals surface area contributed by atoms with Gasteiger partial charge in [-0.05, 0) is 35.7 Å². The van der Waals surface area contributed by atoms with Crippen molar-refractivity contribution >= 4 is 17.5 Å². The predicted octanol–water partition coefficient (Wildman–Crippen LogP) is 3.65. The highest BCUT2D eigenvalue weighted by atomic mass is 35.5. The molecule has 25 heavy (non-hydrogen) atoms. The van der Waals surface area contributed by atoms with E-state index in [2.05, 4.69) is 17.4 Å². The van der Waals surface area contributed by atoms with Crippen LogP contribution < -0.4 is 9.88 Å². The minimum absolute atomic E-state index is 0.00387. The number of hydrogen-bond acceptors (Lipinski definition) is 1. The zero-order valence-electron chi connectivity index (χ0n) is 13.9. The van der Waals surface area contributed by atoms with Crippen molar-refractivity contribution in [1.29, 1.82) is 0 Å². The molecule has 126 valence electrons. The van der Waals surface area contributed by atoms with E-state index < -0.39 is 0 Å². The van der Waals surface area contributed by atoms with Gasteiger partial charge in [-0.25, -0.2) is 0 Å². The summed E-state index contributed by atoms with van der Waals surface area (Å²) in [5, 5.41) is 3.69. The monoisotopic (exact) mass is 351 g/mol. The van der Waals surface area contributed by atoms with Crippen LogP contribution in [0.15, 0.2) is 79.1 Å². The standard InChI is InChI=1S/C21H19ClN2O/c22-20-10-8-17(9-11-20)12-13-23-21(25)16-24-14-4-7-19(15-24)18-5-2-1-3-6-18/h1-11,14-15H,12-13,16H2/p+1. The average Bonchev–Trinajstić information content (AvgIpc) is 2.64. The van der Waals surface area contributed by atoms with E-state index in [0.717, 1.165) is 28.1 Å². The van der Waals surface area contributed by atoms with E-state index in [1.165, 1.54) is 0 Å². The highest BCUT2D eigenvalue weighted by molar-refractivity contribution is 6.30. The van der Waals surface area contributed by atoms with Crippen molar-refractivity contribution in [3.8, 4) is 11.1 Å². The number of pyridine rings is 1. The van der Waals surface area contributed by atoms with E-state index in [-0.39, 0.29) is 5.91 Å². The lowest BCUT2D eigenvalue weighted by atomic mass is 10.1. The molecule has 3 aromatic rings. The number of halogens is 1. The molecule has 0 saturated heterocycles. The molecule has 1 heterocycles. The number of carbonyl (C=O) groups is 1. The number of benzene rings is 2. The van der Waals surface area contributed by atoms with Crippen LogP contribution in [0, 0.1) is 0 Å². The number of hydrogen-bond donors (Lipinski definition) is 1. The molecule has 0 fully saturated rings. The normalized spacial score (nSPS) is 10.4. The summed E-state index contributed by atoms with van der Waals surface area (Å²) in [5.41, 5.74) is 3.39. The number of rotatable bonds is 6. The Morgan fingerprint density at radius 1 is 0.920 bits per heavy atom. The van der Waals surface area contributed by atoms with Crippen molar-refractivity contribution in [3.63, 3.8) is 0 Å². The third-order valence-electron chi connectivity index (χ3n) is 3.94. The van der Waals surface area contributed by atoms with Crippen LogP contribution in [0.1, 0.15) is 5.56 Å². The van der Waals surface area contributed by atoms with E-state index in [1.54, 1.807) is 0 Å². The summed E-state index contributed by atoms with van der Waals surface area (Å²) < 4.78 is 1.90. The highest BCUT2D eigenvalue weighted by Crippen LogP contribution is 2.16. The number of nitrogens with one attached hydrogen (secondary N) is 1. The minimum Gasteiger partial charge on any atom is -0.350 e. The van der Waals surface area contributed by atoms with Crippen molar-refractivity contribution in [1.82, 2.24) is 5.32 Å². The van der Waals surface area contributed by atoms with Crippen LogP contribution in [-0.2, 0) is 17.8 Å². The van der Waals surface area contributed by atoms with Gasteiger partial charge in [0.05, 0.1) is 0 Å². The molecule has 1 amide bonds. The summed E-state index contributed by atoms with van der Waals surface area (Å²) in [6, 6.07) is 21.8. The van der Waals surface area contributed by atoms with E-state index in [1.807, 2.05) is 71.6 Å². The van der Waals surface area contributed by atoms with Crippen molar-refractivity contribution in [2.75, 3.05) is 6.54 Å². The Labute approximate surface area is 152 Å². The Bertz CT molecular complexity index is 832. The number of aromatic nitrogens is 1. The first-order valence-electron chi connectivity index (χ1n) is 8.26. The molecule has 0 aliphatic carbocycles. The molecule has 0 radical (unpaired) electrons. The fourth-order valence-corrected chi connectivity index (χ4v) is 2.77. The van der Waals surface area contributed by atoms with E-state index in [9.17, 15) is 4.79 Å². The predicted molar refractivity (Wildman–Crippen MR) is 100 cm³/mol. The summed E-state index contributed by atoms with van der Waals surface area (Å²) >= 11 is 5.87. The minimum atomic E-state index is 0.00387. The summed E-state index contributed by atoms with van der Waals surface area (Å²) in [6.45, 7) is 0.917. The van der Waals surface area contributed by atoms with Gasteiger partial charge in [-0.3, -0.25) is 4.79 Å². The Morgan fingerprint density at radius 3 is 2.40 bits per heavy atom. The lowest BCUT2D eigenvalue weighted by Gasteiger charge is -2.05. The maximum Gasteiger partial charge on any atom is 0.285 e. The third kappa shape index (κ3) is 5.16. The van der Waals surface area contributed by atoms with Gasteiger partial charge in [0.25, 0.3) is 5.91 Å². The number of amides is 1. The Hall–Kier alpha value is -2.65. The second-order valence-corrected chi connectivity index (χ2v) is 6.29. The summed E-state index contributed by atoms with van der Waals surface area (Å²) in [4.78, 5) is 12.2. The second kappa shape index (κ2) is 8.45. The van der Waals surface area contributed by atoms with Gasteiger partial charge in [0, 0.05) is 23.2 Å². The molecule has 0 spiro atoms. The van der Waals surface area contributed by atoms with Crippen LogP contribution in [0.5, 0.6) is 0 Å². The summed E-state index contributed by atoms with van der Waals surface area (Å²) in [5.74, 6) is 0.00387. The van der Waals surface area contributed by atoms with Crippen LogP contribution in [0.4, 0.5) is 0 Å². The molecule has 0 aliphatic rings. The van der Waals surface area contributed by atoms with Crippen LogP contribution >= 0.6 is 11.6 Å². The third-order valence-corrected chi connectivity index (χ3v) is 4.19. The zero-order valence-corrected chi connectivity index (χ0v) is 14.6. The Kier molecular flexibility index (Phi) is 5.81. The van der Waals surface area contributed by atoms with Gasteiger partial charge in [-0.2, -0.15) is 4.57 Å². The number of nitrogens with zero attached hydrogens (tertiary/aromatic N) is 1. The highest BCUT2D eigenvalue weighted by Gasteiger charge is 2.10. The molecule has 3 nitrogen and oxygen atoms in total. The molecule has 0 bridgehead atoms. The summed E-state index contributed by atoms with van der Waals surface area (Å²) in [6.07, 6.45) is 4.69. The van der Waals surface area contributed by atoms with Crippen molar-refractivity contribution < 1.29 is 9.36 Å². The van der Waals surface area contributed by atoms with Crippen LogP contribution in [-0.4, -0.2) is 12.5 Å². The molecular weight excluding hydrogens is 332 g/mol. The quantitative estimate of drug-likeness (QED) is 0.675. The fraction of sp³-hybridized carbons (Fsp3) is 0.143. The molecule has 1 N–H and O–H groups in total. The molecule has 0 saturated carbocycles. The Balaban J connectivity index is 1.53. The lowest BCUT2D eigenvalue weighted by Crippen LogP contribution is -2.43. The number of carbonyl (C=O) groups excluding carboxylic acids is 1. The molecule has 0 unspecified atom stereocenters. The van der Waals surface area contributed by atoms with Crippen molar-refractivity contribution in [2.24, 2.45) is 0 Å². The maximum absolute atomic E-state index is 12.2. The van der Waals surface area contributed by atoms with E-state index >= 15 is 0 Å². The average molecular weight is 352 g/mol. The molecule has 1 aromatic heterocycles. The van der Waals surface area contributed by atoms with Gasteiger partial charge in [0.1, 0.15) is 0 Å². The van der Waals surface area contributed by atoms with Gasteiger partial charge < -0.3 is 5.32 Å². The van der Waals surface area contributed by atoms with Gasteiger partial charge in [0.15, 0.2) is 12.4 Å². The Morgan fingerprint density at radius 2 is 1.64 bits per heavy atom. The smallest absolute Gasteiger partial charge is 0.285 e. The first-order chi connectivity index (χ1) is 12.2. The van der Waals surface area contributed by atoms with Gasteiger partial charge in [-0.15, -0.1) is 0 Å². The SMILES string of the molecule is O=C(C[n+]1cccc(-c2ccccc2)c1)NCCc1ccc(Cl)cc1. The van der Waals surface area contributed by atoms with Crippen LogP contribution in [0.2, 0.25) is 5.02 Å². The summed E-state index contributed by atoms with van der Waals surface area (Å²) in [7, 11) is 0. The van der Waals surface area contributed by atoms with E-state index in [4.69, 9.17) is 11.6 Å². The zero-order chi connectivity index (χ0) is 17.5. The molecule has 2 aromatic carbocycles. The fourth-order valence-electron chi connectivity index (χ4n) is 2.64. The largest absolute Gasteiger partial charge is 0.350 e. The van der Waals surface area contributed by atoms with Gasteiger partial charge in [-0.1, -0.05) is 54.1 Å². The molecule has 3 rings (SSSR count). The molecule has 0 aliphatic heterocycles.